The molecule has 0 aliphatic carbocycles. The summed E-state index contributed by atoms with van der Waals surface area (Å²) in [7, 11) is 0. The van der Waals surface area contributed by atoms with Gasteiger partial charge in [-0.2, -0.15) is 0 Å². The molecular weight excluding hydrogens is 597 g/mol. The van der Waals surface area contributed by atoms with Gasteiger partial charge in [0.05, 0.1) is 0 Å². The molecule has 0 amide bonds. The van der Waals surface area contributed by atoms with E-state index in [1.165, 1.54) is 11.1 Å². The standard InChI is InChI=1S/C10H12.C2H6.Re.Rf/c1-8(2)10-7-5-4-6-9(10)3;1-2;;/h4,7-8H,1-3H3;1-2H3;;/q-2;;;. The number of hydrogen-bond donors (Lipinski definition) is 0. The molecular formula is C12H18ReRf-2. The second-order valence-corrected chi connectivity index (χ2v) is 2.83. The second-order valence-electron chi connectivity index (χ2n) is 2.83. The Morgan fingerprint density at radius 1 is 1.21 bits per heavy atom. The fourth-order valence-electron chi connectivity index (χ4n) is 1.07. The molecule has 0 atom stereocenters. The van der Waals surface area contributed by atoms with Crippen molar-refractivity contribution >= 4 is 0 Å². The Balaban J connectivity index is -0.000000284. The molecule has 0 aliphatic heterocycles. The van der Waals surface area contributed by atoms with Crippen molar-refractivity contribution in [1.82, 2.24) is 0 Å². The molecule has 2 heteroatoms. The van der Waals surface area contributed by atoms with Crippen LogP contribution in [0.2, 0.25) is 0 Å². The summed E-state index contributed by atoms with van der Waals surface area (Å²) in [6.07, 6.45) is 0. The molecule has 0 aliphatic rings. The van der Waals surface area contributed by atoms with Gasteiger partial charge in [0.25, 0.3) is 0 Å². The fourth-order valence-corrected chi connectivity index (χ4v) is 1.07. The average Bonchev–Trinajstić information content (AvgIpc) is 2.08. The molecule has 0 heterocycles. The van der Waals surface area contributed by atoms with Gasteiger partial charge in [0.1, 0.15) is 0 Å². The molecule has 1 aromatic rings. The van der Waals surface area contributed by atoms with Gasteiger partial charge >= 0.3 is 0 Å². The van der Waals surface area contributed by atoms with Gasteiger partial charge < -0.3 is 18.2 Å². The van der Waals surface area contributed by atoms with Crippen molar-refractivity contribution < 1.29 is 20.4 Å². The smallest absolute Gasteiger partial charge is 0 e. The van der Waals surface area contributed by atoms with Gasteiger partial charge in [-0.05, 0) is 0 Å². The van der Waals surface area contributed by atoms with Crippen LogP contribution in [0.3, 0.4) is 0 Å². The maximum absolute atomic E-state index is 3.13. The van der Waals surface area contributed by atoms with Crippen LogP contribution in [0.4, 0.5) is 0 Å². The molecule has 1 rings (SSSR count). The molecule has 0 saturated heterocycles. The Labute approximate surface area is 96.4 Å². The van der Waals surface area contributed by atoms with Crippen molar-refractivity contribution in [2.75, 3.05) is 0 Å². The van der Waals surface area contributed by atoms with Gasteiger partial charge in [0, 0.05) is 20.4 Å². The van der Waals surface area contributed by atoms with E-state index in [1.54, 1.807) is 0 Å². The first-order chi connectivity index (χ1) is 5.72. The number of hydrogen-bond acceptors (Lipinski definition) is 0. The molecule has 0 nitrogen and oxygen atoms in total. The largest absolute Gasteiger partial charge is 0.359 e. The van der Waals surface area contributed by atoms with Crippen molar-refractivity contribution in [1.29, 1.82) is 0 Å². The van der Waals surface area contributed by atoms with Crippen molar-refractivity contribution in [3.63, 3.8) is 0 Å². The third kappa shape index (κ3) is 5.51. The van der Waals surface area contributed by atoms with Crippen LogP contribution in [0.15, 0.2) is 12.1 Å². The SMILES string of the molecule is CC.Cc1[c-]c[c-]cc1C(C)C.[Re].[Rf]. The predicted molar refractivity (Wildman–Crippen MR) is 54.3 cm³/mol. The summed E-state index contributed by atoms with van der Waals surface area (Å²) in [6, 6.07) is 10.0. The number of rotatable bonds is 1. The van der Waals surface area contributed by atoms with E-state index in [2.05, 4.69) is 32.9 Å². The van der Waals surface area contributed by atoms with Crippen LogP contribution in [0.5, 0.6) is 0 Å². The summed E-state index contributed by atoms with van der Waals surface area (Å²) < 4.78 is 0. The van der Waals surface area contributed by atoms with E-state index in [9.17, 15) is 0 Å². The Kier molecular flexibility index (Phi) is 13.3. The van der Waals surface area contributed by atoms with Gasteiger partial charge in [0.2, 0.25) is 0 Å². The zero-order valence-electron chi connectivity index (χ0n) is 9.82. The first kappa shape index (κ1) is 18.6. The van der Waals surface area contributed by atoms with Gasteiger partial charge in [-0.25, -0.2) is 0 Å². The van der Waals surface area contributed by atoms with Crippen molar-refractivity contribution in [3.05, 3.63) is 35.4 Å². The minimum atomic E-state index is 0. The van der Waals surface area contributed by atoms with Crippen LogP contribution in [0.25, 0.3) is 0 Å². The zero-order chi connectivity index (χ0) is 9.56. The summed E-state index contributed by atoms with van der Waals surface area (Å²) in [4.78, 5) is 0. The van der Waals surface area contributed by atoms with E-state index in [1.807, 2.05) is 26.0 Å². The first-order valence-electron chi connectivity index (χ1n) is 4.60. The predicted octanol–water partition coefficient (Wildman–Crippen LogP) is 3.74. The molecule has 0 spiro atoms. The topological polar surface area (TPSA) is 0 Å². The molecule has 1 radical (unpaired) electrons. The third-order valence-corrected chi connectivity index (χ3v) is 1.67. The fraction of sp³-hybridized carbons (Fsp3) is 0.500. The van der Waals surface area contributed by atoms with E-state index >= 15 is 0 Å². The molecule has 0 saturated carbocycles. The van der Waals surface area contributed by atoms with E-state index < -0.39 is 0 Å². The summed E-state index contributed by atoms with van der Waals surface area (Å²) in [5, 5.41) is 0. The van der Waals surface area contributed by atoms with Crippen molar-refractivity contribution in [2.45, 2.75) is 40.5 Å². The Bertz CT molecular complexity index is 221. The average molecular weight is 615 g/mol. The number of aryl methyl sites for hydroxylation is 1. The Morgan fingerprint density at radius 3 is 2.00 bits per heavy atom. The van der Waals surface area contributed by atoms with Gasteiger partial charge in [-0.1, -0.05) is 34.6 Å². The Hall–Kier alpha value is -1.12. The van der Waals surface area contributed by atoms with Crippen LogP contribution in [-0.4, -0.2) is 0 Å². The molecule has 0 bridgehead atoms. The first-order valence-corrected chi connectivity index (χ1v) is 4.60. The number of benzene rings is 1. The van der Waals surface area contributed by atoms with Crippen LogP contribution >= 0.6 is 0 Å². The van der Waals surface area contributed by atoms with Crippen molar-refractivity contribution in [3.8, 4) is 0 Å². The van der Waals surface area contributed by atoms with E-state index in [0.29, 0.717) is 5.92 Å². The van der Waals surface area contributed by atoms with Gasteiger partial charge in [0.15, 0.2) is 0 Å². The second kappa shape index (κ2) is 9.97. The minimum Gasteiger partial charge on any atom is -0.359 e. The molecule has 0 unspecified atom stereocenters. The van der Waals surface area contributed by atoms with Crippen molar-refractivity contribution in [2.24, 2.45) is 0 Å². The van der Waals surface area contributed by atoms with Crippen LogP contribution in [0.1, 0.15) is 44.7 Å². The Morgan fingerprint density at radius 2 is 1.71 bits per heavy atom. The van der Waals surface area contributed by atoms with Crippen LogP contribution < -0.4 is 0 Å². The van der Waals surface area contributed by atoms with Gasteiger partial charge in [-0.3, -0.25) is 17.2 Å². The summed E-state index contributed by atoms with van der Waals surface area (Å²) in [5.41, 5.74) is 2.59. The summed E-state index contributed by atoms with van der Waals surface area (Å²) in [5.74, 6) is 0.591. The molecule has 0 N–H and O–H groups in total. The maximum Gasteiger partial charge on any atom is 0 e. The molecule has 0 aromatic heterocycles. The molecule has 1 aromatic carbocycles. The van der Waals surface area contributed by atoms with Gasteiger partial charge in [-0.15, -0.1) is 5.92 Å². The summed E-state index contributed by atoms with van der Waals surface area (Å²) >= 11 is 0. The quantitative estimate of drug-likeness (QED) is 0.423. The maximum atomic E-state index is 3.13. The van der Waals surface area contributed by atoms with Crippen LogP contribution in [0, 0.1) is 19.1 Å². The van der Waals surface area contributed by atoms with Crippen LogP contribution in [-0.2, 0) is 20.4 Å². The third-order valence-electron chi connectivity index (χ3n) is 1.67. The molecule has 77 valence electrons. The molecule has 14 heavy (non-hydrogen) atoms. The van der Waals surface area contributed by atoms with E-state index in [-0.39, 0.29) is 20.4 Å². The molecule has 0 fully saturated rings. The normalized spacial score (nSPS) is 7.86. The monoisotopic (exact) mass is 616 g/mol. The van der Waals surface area contributed by atoms with E-state index in [4.69, 9.17) is 0 Å². The minimum absolute atomic E-state index is 0. The summed E-state index contributed by atoms with van der Waals surface area (Å²) in [6.45, 7) is 10.5. The van der Waals surface area contributed by atoms with E-state index in [0.717, 1.165) is 0 Å². The zero-order valence-corrected chi connectivity index (χ0v) is 18.9.